The predicted octanol–water partition coefficient (Wildman–Crippen LogP) is 2.94. The molecule has 0 amide bonds. The van der Waals surface area contributed by atoms with Crippen molar-refractivity contribution >= 4 is 17.4 Å². The monoisotopic (exact) mass is 281 g/mol. The minimum Gasteiger partial charge on any atom is -0.379 e. The number of carbonyl (C=O) groups is 1. The fraction of sp³-hybridized carbons (Fsp3) is 0.533. The van der Waals surface area contributed by atoms with Crippen molar-refractivity contribution < 1.29 is 9.53 Å². The van der Waals surface area contributed by atoms with Crippen LogP contribution < -0.4 is 0 Å². The van der Waals surface area contributed by atoms with Gasteiger partial charge in [0, 0.05) is 23.7 Å². The summed E-state index contributed by atoms with van der Waals surface area (Å²) in [5.41, 5.74) is 1.14. The summed E-state index contributed by atoms with van der Waals surface area (Å²) in [6.45, 7) is 8.82. The second-order valence-electron chi connectivity index (χ2n) is 5.45. The summed E-state index contributed by atoms with van der Waals surface area (Å²) in [5, 5.41) is 0.642. The van der Waals surface area contributed by atoms with Crippen LogP contribution in [0.1, 0.15) is 29.8 Å². The lowest BCUT2D eigenvalue weighted by Crippen LogP contribution is -2.54. The Morgan fingerprint density at radius 3 is 2.53 bits per heavy atom. The number of benzene rings is 1. The van der Waals surface area contributed by atoms with Crippen LogP contribution in [-0.4, -0.2) is 42.5 Å². The van der Waals surface area contributed by atoms with Gasteiger partial charge >= 0.3 is 0 Å². The Labute approximate surface area is 119 Å². The van der Waals surface area contributed by atoms with Crippen molar-refractivity contribution in [2.45, 2.75) is 26.3 Å². The van der Waals surface area contributed by atoms with Gasteiger partial charge in [0.15, 0.2) is 5.78 Å². The third-order valence-corrected chi connectivity index (χ3v) is 4.20. The molecule has 0 radical (unpaired) electrons. The van der Waals surface area contributed by atoms with Crippen LogP contribution in [0.25, 0.3) is 0 Å². The molecule has 0 atom stereocenters. The fourth-order valence-corrected chi connectivity index (χ4v) is 2.53. The summed E-state index contributed by atoms with van der Waals surface area (Å²) < 4.78 is 5.34. The Balaban J connectivity index is 2.23. The smallest absolute Gasteiger partial charge is 0.182 e. The van der Waals surface area contributed by atoms with Crippen LogP contribution in [0.4, 0.5) is 0 Å². The summed E-state index contributed by atoms with van der Waals surface area (Å²) in [6.07, 6.45) is 0. The Morgan fingerprint density at radius 2 is 1.95 bits per heavy atom. The van der Waals surface area contributed by atoms with E-state index in [9.17, 15) is 4.79 Å². The molecule has 1 fully saturated rings. The molecular weight excluding hydrogens is 262 g/mol. The van der Waals surface area contributed by atoms with E-state index in [1.54, 1.807) is 6.07 Å². The highest BCUT2D eigenvalue weighted by Gasteiger charge is 2.35. The van der Waals surface area contributed by atoms with E-state index in [4.69, 9.17) is 16.3 Å². The predicted molar refractivity (Wildman–Crippen MR) is 77.0 cm³/mol. The van der Waals surface area contributed by atoms with Crippen molar-refractivity contribution in [1.82, 2.24) is 4.90 Å². The van der Waals surface area contributed by atoms with Gasteiger partial charge in [0.2, 0.25) is 0 Å². The molecule has 1 saturated heterocycles. The van der Waals surface area contributed by atoms with Crippen molar-refractivity contribution in [3.8, 4) is 0 Å². The van der Waals surface area contributed by atoms with Gasteiger partial charge in [0.1, 0.15) is 0 Å². The van der Waals surface area contributed by atoms with Crippen LogP contribution in [0.2, 0.25) is 5.02 Å². The van der Waals surface area contributed by atoms with Gasteiger partial charge in [-0.25, -0.2) is 0 Å². The third kappa shape index (κ3) is 2.99. The topological polar surface area (TPSA) is 29.5 Å². The average Bonchev–Trinajstić information content (AvgIpc) is 2.42. The highest BCUT2D eigenvalue weighted by molar-refractivity contribution is 6.31. The molecule has 4 heteroatoms. The quantitative estimate of drug-likeness (QED) is 0.798. The van der Waals surface area contributed by atoms with Gasteiger partial charge in [0.05, 0.1) is 18.8 Å². The van der Waals surface area contributed by atoms with E-state index < -0.39 is 5.54 Å². The van der Waals surface area contributed by atoms with Gasteiger partial charge in [0.25, 0.3) is 0 Å². The molecule has 0 unspecified atom stereocenters. The van der Waals surface area contributed by atoms with Crippen LogP contribution in [0, 0.1) is 6.92 Å². The number of ether oxygens (including phenoxy) is 1. The standard InChI is InChI=1S/C15H20ClNO2/c1-11-4-5-12(10-13(11)16)14(18)15(2,3)17-6-8-19-9-7-17/h4-5,10H,6-9H2,1-3H3. The Kier molecular flexibility index (Phi) is 4.29. The number of halogens is 1. The number of hydrogen-bond acceptors (Lipinski definition) is 3. The van der Waals surface area contributed by atoms with Crippen LogP contribution in [0.3, 0.4) is 0 Å². The van der Waals surface area contributed by atoms with E-state index in [1.807, 2.05) is 32.9 Å². The van der Waals surface area contributed by atoms with E-state index in [0.717, 1.165) is 18.7 Å². The first-order valence-corrected chi connectivity index (χ1v) is 6.94. The highest BCUT2D eigenvalue weighted by Crippen LogP contribution is 2.24. The number of carbonyl (C=O) groups excluding carboxylic acids is 1. The van der Waals surface area contributed by atoms with Crippen LogP contribution in [0.15, 0.2) is 18.2 Å². The van der Waals surface area contributed by atoms with Gasteiger partial charge in [-0.15, -0.1) is 0 Å². The summed E-state index contributed by atoms with van der Waals surface area (Å²) in [4.78, 5) is 14.9. The average molecular weight is 282 g/mol. The molecule has 0 bridgehead atoms. The first-order valence-electron chi connectivity index (χ1n) is 6.56. The van der Waals surface area contributed by atoms with Gasteiger partial charge in [-0.1, -0.05) is 23.7 Å². The lowest BCUT2D eigenvalue weighted by atomic mass is 9.90. The molecule has 0 saturated carbocycles. The third-order valence-electron chi connectivity index (χ3n) is 3.79. The molecule has 0 N–H and O–H groups in total. The van der Waals surface area contributed by atoms with Crippen molar-refractivity contribution in [3.05, 3.63) is 34.3 Å². The van der Waals surface area contributed by atoms with E-state index in [1.165, 1.54) is 0 Å². The number of aryl methyl sites for hydroxylation is 1. The minimum atomic E-state index is -0.525. The Bertz CT molecular complexity index is 479. The van der Waals surface area contributed by atoms with Gasteiger partial charge in [-0.2, -0.15) is 0 Å². The number of nitrogens with zero attached hydrogens (tertiary/aromatic N) is 1. The summed E-state index contributed by atoms with van der Waals surface area (Å²) in [7, 11) is 0. The van der Waals surface area contributed by atoms with E-state index in [0.29, 0.717) is 23.8 Å². The maximum atomic E-state index is 12.7. The molecular formula is C15H20ClNO2. The summed E-state index contributed by atoms with van der Waals surface area (Å²) in [6, 6.07) is 5.51. The van der Waals surface area contributed by atoms with Gasteiger partial charge in [-0.05, 0) is 32.4 Å². The molecule has 2 rings (SSSR count). The Morgan fingerprint density at radius 1 is 1.32 bits per heavy atom. The normalized spacial score (nSPS) is 17.5. The zero-order chi connectivity index (χ0) is 14.0. The molecule has 1 aliphatic heterocycles. The first-order chi connectivity index (χ1) is 8.93. The van der Waals surface area contributed by atoms with Crippen molar-refractivity contribution in [2.24, 2.45) is 0 Å². The fourth-order valence-electron chi connectivity index (χ4n) is 2.35. The lowest BCUT2D eigenvalue weighted by Gasteiger charge is -2.39. The highest BCUT2D eigenvalue weighted by atomic mass is 35.5. The molecule has 19 heavy (non-hydrogen) atoms. The molecule has 0 spiro atoms. The summed E-state index contributed by atoms with van der Waals surface area (Å²) >= 11 is 6.11. The zero-order valence-corrected chi connectivity index (χ0v) is 12.5. The minimum absolute atomic E-state index is 0.108. The lowest BCUT2D eigenvalue weighted by molar-refractivity contribution is -0.00429. The molecule has 1 aliphatic rings. The maximum absolute atomic E-state index is 12.7. The summed E-state index contributed by atoms with van der Waals surface area (Å²) in [5.74, 6) is 0.108. The molecule has 0 aromatic heterocycles. The van der Waals surface area contributed by atoms with Crippen molar-refractivity contribution in [2.75, 3.05) is 26.3 Å². The molecule has 104 valence electrons. The maximum Gasteiger partial charge on any atom is 0.182 e. The van der Waals surface area contributed by atoms with Crippen LogP contribution >= 0.6 is 11.6 Å². The molecule has 1 aromatic carbocycles. The van der Waals surface area contributed by atoms with Gasteiger partial charge in [-0.3, -0.25) is 9.69 Å². The number of hydrogen-bond donors (Lipinski definition) is 0. The number of Topliss-reactive ketones (excluding diaryl/α,β-unsaturated/α-hetero) is 1. The van der Waals surface area contributed by atoms with Crippen molar-refractivity contribution in [1.29, 1.82) is 0 Å². The Hall–Kier alpha value is -0.900. The van der Waals surface area contributed by atoms with E-state index in [2.05, 4.69) is 4.90 Å². The molecule has 0 aliphatic carbocycles. The van der Waals surface area contributed by atoms with Crippen LogP contribution in [-0.2, 0) is 4.74 Å². The number of morpholine rings is 1. The second-order valence-corrected chi connectivity index (χ2v) is 5.86. The number of ketones is 1. The van der Waals surface area contributed by atoms with E-state index in [-0.39, 0.29) is 5.78 Å². The largest absolute Gasteiger partial charge is 0.379 e. The SMILES string of the molecule is Cc1ccc(C(=O)C(C)(C)N2CCOCC2)cc1Cl. The zero-order valence-electron chi connectivity index (χ0n) is 11.7. The molecule has 1 heterocycles. The number of rotatable bonds is 3. The van der Waals surface area contributed by atoms with E-state index >= 15 is 0 Å². The first kappa shape index (κ1) is 14.5. The molecule has 3 nitrogen and oxygen atoms in total. The second kappa shape index (κ2) is 5.61. The van der Waals surface area contributed by atoms with Crippen molar-refractivity contribution in [3.63, 3.8) is 0 Å². The molecule has 1 aromatic rings. The van der Waals surface area contributed by atoms with Crippen LogP contribution in [0.5, 0.6) is 0 Å². The van der Waals surface area contributed by atoms with Gasteiger partial charge < -0.3 is 4.74 Å².